The smallest absolute Gasteiger partial charge is 0.0541 e. The maximum absolute atomic E-state index is 2.40. The molecule has 1 aromatic heterocycles. The summed E-state index contributed by atoms with van der Waals surface area (Å²) in [6.07, 6.45) is 0. The number of hydrogen-bond donors (Lipinski definition) is 0. The van der Waals surface area contributed by atoms with Gasteiger partial charge in [-0.1, -0.05) is 140 Å². The molecule has 0 unspecified atom stereocenters. The van der Waals surface area contributed by atoms with Crippen molar-refractivity contribution in [2.75, 3.05) is 0 Å². The third-order valence-electron chi connectivity index (χ3n) is 8.98. The summed E-state index contributed by atoms with van der Waals surface area (Å²) in [5.74, 6) is 0. The minimum absolute atomic E-state index is 1.16. The third-order valence-corrected chi connectivity index (χ3v) is 8.98. The molecule has 200 valence electrons. The Morgan fingerprint density at radius 3 is 1.33 bits per heavy atom. The van der Waals surface area contributed by atoms with Gasteiger partial charge in [0.15, 0.2) is 0 Å². The van der Waals surface area contributed by atoms with Gasteiger partial charge in [0, 0.05) is 16.5 Å². The first-order chi connectivity index (χ1) is 21.4. The van der Waals surface area contributed by atoms with E-state index >= 15 is 0 Å². The molecule has 43 heavy (non-hydrogen) atoms. The molecule has 0 fully saturated rings. The second-order valence-corrected chi connectivity index (χ2v) is 11.3. The Morgan fingerprint density at radius 2 is 0.721 bits per heavy atom. The minimum Gasteiger partial charge on any atom is -0.309 e. The van der Waals surface area contributed by atoms with E-state index in [1.165, 1.54) is 77.4 Å². The molecule has 0 aliphatic heterocycles. The van der Waals surface area contributed by atoms with E-state index in [9.17, 15) is 0 Å². The maximum Gasteiger partial charge on any atom is 0.0541 e. The standard InChI is InChI=1S/C42H27N/c1-2-16-32-31(15-1)33-17-3-4-18-35(33)39-24-12-23-30(42(39)38-22-6-5-19-34(32)38)28-13-11-14-29(27-28)43-40-25-9-7-20-36(40)37-21-8-10-26-41(37)43/h1-27H. The topological polar surface area (TPSA) is 4.93 Å². The number of para-hydroxylation sites is 2. The van der Waals surface area contributed by atoms with Gasteiger partial charge in [0.25, 0.3) is 0 Å². The van der Waals surface area contributed by atoms with Crippen molar-refractivity contribution in [3.05, 3.63) is 164 Å². The van der Waals surface area contributed by atoms with E-state index in [0.29, 0.717) is 0 Å². The van der Waals surface area contributed by atoms with Gasteiger partial charge in [-0.3, -0.25) is 0 Å². The van der Waals surface area contributed by atoms with Gasteiger partial charge in [0.2, 0.25) is 0 Å². The summed E-state index contributed by atoms with van der Waals surface area (Å²) in [6, 6.07) is 59.9. The fraction of sp³-hybridized carbons (Fsp3) is 0. The zero-order chi connectivity index (χ0) is 28.3. The van der Waals surface area contributed by atoms with Crippen LogP contribution in [0.5, 0.6) is 0 Å². The van der Waals surface area contributed by atoms with Crippen LogP contribution < -0.4 is 0 Å². The second-order valence-electron chi connectivity index (χ2n) is 11.3. The fourth-order valence-corrected chi connectivity index (χ4v) is 7.16. The van der Waals surface area contributed by atoms with Crippen molar-refractivity contribution in [1.82, 2.24) is 4.57 Å². The summed E-state index contributed by atoms with van der Waals surface area (Å²) < 4.78 is 2.40. The van der Waals surface area contributed by atoms with Crippen molar-refractivity contribution >= 4 is 21.8 Å². The molecule has 0 N–H and O–H groups in total. The molecule has 1 nitrogen and oxygen atoms in total. The molecular formula is C42H27N. The van der Waals surface area contributed by atoms with Gasteiger partial charge in [-0.05, 0) is 79.9 Å². The van der Waals surface area contributed by atoms with Gasteiger partial charge in [-0.15, -0.1) is 0 Å². The van der Waals surface area contributed by atoms with Crippen LogP contribution in [0.4, 0.5) is 0 Å². The summed E-state index contributed by atoms with van der Waals surface area (Å²) in [6.45, 7) is 0. The molecule has 0 saturated carbocycles. The normalized spacial score (nSPS) is 11.7. The van der Waals surface area contributed by atoms with Gasteiger partial charge >= 0.3 is 0 Å². The van der Waals surface area contributed by atoms with Crippen LogP contribution in [-0.4, -0.2) is 4.57 Å². The molecule has 0 amide bonds. The maximum atomic E-state index is 2.40. The molecule has 0 bridgehead atoms. The molecular weight excluding hydrogens is 518 g/mol. The van der Waals surface area contributed by atoms with E-state index in [4.69, 9.17) is 0 Å². The number of hydrogen-bond acceptors (Lipinski definition) is 0. The van der Waals surface area contributed by atoms with Crippen molar-refractivity contribution in [3.63, 3.8) is 0 Å². The van der Waals surface area contributed by atoms with Crippen molar-refractivity contribution in [3.8, 4) is 61.3 Å². The highest BCUT2D eigenvalue weighted by molar-refractivity contribution is 6.10. The number of fused-ring (bicyclic) bond motifs is 11. The first kappa shape index (κ1) is 24.0. The summed E-state index contributed by atoms with van der Waals surface area (Å²) >= 11 is 0. The van der Waals surface area contributed by atoms with Crippen LogP contribution in [0.3, 0.4) is 0 Å². The Balaban J connectivity index is 1.34. The van der Waals surface area contributed by atoms with Crippen LogP contribution in [0.2, 0.25) is 0 Å². The molecule has 9 rings (SSSR count). The number of nitrogens with zero attached hydrogens (tertiary/aromatic N) is 1. The third kappa shape index (κ3) is 3.58. The van der Waals surface area contributed by atoms with Gasteiger partial charge in [0.1, 0.15) is 0 Å². The van der Waals surface area contributed by atoms with Gasteiger partial charge < -0.3 is 4.57 Å². The first-order valence-electron chi connectivity index (χ1n) is 14.9. The van der Waals surface area contributed by atoms with E-state index in [-0.39, 0.29) is 0 Å². The number of rotatable bonds is 2. The Morgan fingerprint density at radius 1 is 0.302 bits per heavy atom. The average molecular weight is 546 g/mol. The highest BCUT2D eigenvalue weighted by Crippen LogP contribution is 2.50. The van der Waals surface area contributed by atoms with Crippen LogP contribution >= 0.6 is 0 Å². The fourth-order valence-electron chi connectivity index (χ4n) is 7.16. The number of aromatic nitrogens is 1. The Hall–Kier alpha value is -5.66. The Labute approximate surface area is 250 Å². The van der Waals surface area contributed by atoms with Crippen LogP contribution in [0.1, 0.15) is 0 Å². The summed E-state index contributed by atoms with van der Waals surface area (Å²) in [5, 5.41) is 2.55. The molecule has 0 atom stereocenters. The van der Waals surface area contributed by atoms with Crippen LogP contribution in [0.15, 0.2) is 164 Å². The lowest BCUT2D eigenvalue weighted by molar-refractivity contribution is 1.18. The highest BCUT2D eigenvalue weighted by Gasteiger charge is 2.24. The summed E-state index contributed by atoms with van der Waals surface area (Å²) in [5.41, 5.74) is 16.2. The lowest BCUT2D eigenvalue weighted by atomic mass is 9.78. The second kappa shape index (κ2) is 9.44. The molecule has 1 aliphatic rings. The average Bonchev–Trinajstić information content (AvgIpc) is 3.42. The van der Waals surface area contributed by atoms with Crippen LogP contribution in [-0.2, 0) is 0 Å². The van der Waals surface area contributed by atoms with Gasteiger partial charge in [-0.2, -0.15) is 0 Å². The molecule has 8 aromatic rings. The van der Waals surface area contributed by atoms with E-state index in [1.54, 1.807) is 0 Å². The molecule has 0 radical (unpaired) electrons. The lowest BCUT2D eigenvalue weighted by Gasteiger charge is -2.25. The quantitative estimate of drug-likeness (QED) is 0.204. The molecule has 1 heterocycles. The van der Waals surface area contributed by atoms with Crippen LogP contribution in [0.25, 0.3) is 83.1 Å². The monoisotopic (exact) mass is 545 g/mol. The largest absolute Gasteiger partial charge is 0.309 e. The molecule has 7 aromatic carbocycles. The number of benzene rings is 7. The van der Waals surface area contributed by atoms with E-state index in [1.807, 2.05) is 0 Å². The van der Waals surface area contributed by atoms with Gasteiger partial charge in [-0.25, -0.2) is 0 Å². The van der Waals surface area contributed by atoms with E-state index in [2.05, 4.69) is 168 Å². The molecule has 0 saturated heterocycles. The van der Waals surface area contributed by atoms with E-state index in [0.717, 1.165) is 5.69 Å². The van der Waals surface area contributed by atoms with Crippen LogP contribution in [0, 0.1) is 0 Å². The first-order valence-corrected chi connectivity index (χ1v) is 14.9. The van der Waals surface area contributed by atoms with Crippen molar-refractivity contribution < 1.29 is 0 Å². The molecule has 0 spiro atoms. The van der Waals surface area contributed by atoms with Gasteiger partial charge in [0.05, 0.1) is 11.0 Å². The predicted molar refractivity (Wildman–Crippen MR) is 182 cm³/mol. The Bertz CT molecular complexity index is 2290. The highest BCUT2D eigenvalue weighted by atomic mass is 15.0. The van der Waals surface area contributed by atoms with Crippen molar-refractivity contribution in [2.24, 2.45) is 0 Å². The zero-order valence-corrected chi connectivity index (χ0v) is 23.5. The Kier molecular flexibility index (Phi) is 5.27. The SMILES string of the molecule is c1cc(-c2cccc3c2-c2ccccc2-c2ccccc2-c2ccccc2-3)cc(-n2c3ccccc3c3ccccc32)c1. The van der Waals surface area contributed by atoms with Crippen molar-refractivity contribution in [1.29, 1.82) is 0 Å². The van der Waals surface area contributed by atoms with E-state index < -0.39 is 0 Å². The molecule has 1 heteroatoms. The zero-order valence-electron chi connectivity index (χ0n) is 23.5. The molecule has 1 aliphatic carbocycles. The minimum atomic E-state index is 1.16. The lowest BCUT2D eigenvalue weighted by Crippen LogP contribution is -1.99. The van der Waals surface area contributed by atoms with Crippen molar-refractivity contribution in [2.45, 2.75) is 0 Å². The summed E-state index contributed by atoms with van der Waals surface area (Å²) in [4.78, 5) is 0. The predicted octanol–water partition coefficient (Wildman–Crippen LogP) is 11.4. The summed E-state index contributed by atoms with van der Waals surface area (Å²) in [7, 11) is 0.